The number of carbonyl (C=O) groups excluding carboxylic acids is 2. The number of nitrogens with zero attached hydrogens (tertiary/aromatic N) is 1. The van der Waals surface area contributed by atoms with E-state index in [2.05, 4.69) is 12.2 Å². The summed E-state index contributed by atoms with van der Waals surface area (Å²) in [7, 11) is 0. The number of amides is 1. The summed E-state index contributed by atoms with van der Waals surface area (Å²) >= 11 is 0. The van der Waals surface area contributed by atoms with Crippen LogP contribution < -0.4 is 5.32 Å². The summed E-state index contributed by atoms with van der Waals surface area (Å²) in [4.78, 5) is 30.5. The lowest BCUT2D eigenvalue weighted by molar-refractivity contribution is -0.119. The fourth-order valence-corrected chi connectivity index (χ4v) is 4.38. The molecule has 160 valence electrons. The Morgan fingerprint density at radius 2 is 1.97 bits per heavy atom. The number of rotatable bonds is 5. The lowest BCUT2D eigenvalue weighted by Crippen LogP contribution is -2.24. The summed E-state index contributed by atoms with van der Waals surface area (Å²) in [6, 6.07) is 13.6. The van der Waals surface area contributed by atoms with Crippen LogP contribution in [0.4, 0.5) is 5.69 Å². The monoisotopic (exact) mass is 416 g/mol. The number of hydrogen-bond acceptors (Lipinski definition) is 4. The molecule has 0 fully saturated rings. The van der Waals surface area contributed by atoms with Gasteiger partial charge in [0.15, 0.2) is 6.61 Å². The van der Waals surface area contributed by atoms with Crippen LogP contribution in [-0.4, -0.2) is 23.5 Å². The van der Waals surface area contributed by atoms with Crippen molar-refractivity contribution in [1.82, 2.24) is 4.98 Å². The molecule has 0 radical (unpaired) electrons. The molecule has 1 heterocycles. The standard InChI is InChI=1S/C26H28N2O3/c1-4-18-9-7-8-17(3)25(18)28-23(29)15-31-26(30)24-19-10-5-6-11-21(19)27-22-13-12-16(2)14-20(22)24/h5-11,16H,4,12-15H2,1-3H3,(H,28,29)/t16-/m0/s1. The first-order valence-corrected chi connectivity index (χ1v) is 10.9. The van der Waals surface area contributed by atoms with Crippen LogP contribution in [0.5, 0.6) is 0 Å². The Bertz CT molecular complexity index is 1150. The van der Waals surface area contributed by atoms with Gasteiger partial charge < -0.3 is 10.1 Å². The molecule has 1 aromatic heterocycles. The van der Waals surface area contributed by atoms with Crippen molar-refractivity contribution < 1.29 is 14.3 Å². The van der Waals surface area contributed by atoms with Gasteiger partial charge in [0.05, 0.1) is 11.1 Å². The largest absolute Gasteiger partial charge is 0.452 e. The zero-order chi connectivity index (χ0) is 22.0. The van der Waals surface area contributed by atoms with Gasteiger partial charge in [-0.25, -0.2) is 4.79 Å². The number of anilines is 1. The Kier molecular flexibility index (Phi) is 6.03. The first-order valence-electron chi connectivity index (χ1n) is 10.9. The summed E-state index contributed by atoms with van der Waals surface area (Å²) in [5.41, 5.74) is 6.14. The quantitative estimate of drug-likeness (QED) is 0.593. The second-order valence-corrected chi connectivity index (χ2v) is 8.36. The van der Waals surface area contributed by atoms with E-state index < -0.39 is 5.97 Å². The minimum absolute atomic E-state index is 0.322. The average Bonchev–Trinajstić information content (AvgIpc) is 2.77. The van der Waals surface area contributed by atoms with Crippen LogP contribution in [-0.2, 0) is 28.8 Å². The van der Waals surface area contributed by atoms with Gasteiger partial charge in [-0.1, -0.05) is 50.2 Å². The molecular weight excluding hydrogens is 388 g/mol. The van der Waals surface area contributed by atoms with Gasteiger partial charge in [-0.15, -0.1) is 0 Å². The maximum absolute atomic E-state index is 13.2. The third-order valence-corrected chi connectivity index (χ3v) is 6.05. The lowest BCUT2D eigenvalue weighted by Gasteiger charge is -2.24. The van der Waals surface area contributed by atoms with E-state index in [1.165, 1.54) is 0 Å². The van der Waals surface area contributed by atoms with E-state index in [1.54, 1.807) is 0 Å². The van der Waals surface area contributed by atoms with E-state index in [0.29, 0.717) is 11.5 Å². The Labute approximate surface area is 182 Å². The molecule has 0 bridgehead atoms. The van der Waals surface area contributed by atoms with Gasteiger partial charge in [-0.2, -0.15) is 0 Å². The van der Waals surface area contributed by atoms with Crippen LogP contribution in [0.1, 0.15) is 53.0 Å². The van der Waals surface area contributed by atoms with Crippen LogP contribution in [0, 0.1) is 12.8 Å². The summed E-state index contributed by atoms with van der Waals surface area (Å²) in [5, 5.41) is 3.70. The van der Waals surface area contributed by atoms with Crippen molar-refractivity contribution in [3.05, 3.63) is 70.4 Å². The highest BCUT2D eigenvalue weighted by Crippen LogP contribution is 2.32. The van der Waals surface area contributed by atoms with E-state index in [0.717, 1.165) is 64.7 Å². The van der Waals surface area contributed by atoms with E-state index >= 15 is 0 Å². The first kappa shape index (κ1) is 21.0. The number of nitrogens with one attached hydrogen (secondary N) is 1. The smallest absolute Gasteiger partial charge is 0.339 e. The van der Waals surface area contributed by atoms with Gasteiger partial charge in [-0.05, 0) is 61.3 Å². The fourth-order valence-electron chi connectivity index (χ4n) is 4.38. The van der Waals surface area contributed by atoms with Crippen LogP contribution >= 0.6 is 0 Å². The van der Waals surface area contributed by atoms with Crippen molar-refractivity contribution in [2.24, 2.45) is 5.92 Å². The molecule has 1 amide bonds. The van der Waals surface area contributed by atoms with E-state index in [-0.39, 0.29) is 12.5 Å². The van der Waals surface area contributed by atoms with E-state index in [1.807, 2.05) is 56.3 Å². The third-order valence-electron chi connectivity index (χ3n) is 6.05. The molecule has 0 saturated heterocycles. The molecule has 0 spiro atoms. The topological polar surface area (TPSA) is 68.3 Å². The summed E-state index contributed by atoms with van der Waals surface area (Å²) < 4.78 is 5.51. The molecule has 31 heavy (non-hydrogen) atoms. The molecule has 2 aromatic carbocycles. The van der Waals surface area contributed by atoms with Crippen molar-refractivity contribution in [3.63, 3.8) is 0 Å². The van der Waals surface area contributed by atoms with Crippen LogP contribution in [0.2, 0.25) is 0 Å². The molecule has 1 aliphatic carbocycles. The highest BCUT2D eigenvalue weighted by molar-refractivity contribution is 6.06. The number of carbonyl (C=O) groups is 2. The predicted molar refractivity (Wildman–Crippen MR) is 122 cm³/mol. The zero-order valence-corrected chi connectivity index (χ0v) is 18.3. The molecule has 0 saturated carbocycles. The number of esters is 1. The van der Waals surface area contributed by atoms with Gasteiger partial charge >= 0.3 is 5.97 Å². The Hall–Kier alpha value is -3.21. The minimum atomic E-state index is -0.459. The Morgan fingerprint density at radius 1 is 1.16 bits per heavy atom. The van der Waals surface area contributed by atoms with Crippen molar-refractivity contribution >= 4 is 28.5 Å². The lowest BCUT2D eigenvalue weighted by atomic mass is 9.84. The van der Waals surface area contributed by atoms with Crippen LogP contribution in [0.3, 0.4) is 0 Å². The molecule has 0 aliphatic heterocycles. The van der Waals surface area contributed by atoms with Crippen molar-refractivity contribution in [3.8, 4) is 0 Å². The number of hydrogen-bond donors (Lipinski definition) is 1. The van der Waals surface area contributed by atoms with E-state index in [4.69, 9.17) is 9.72 Å². The summed E-state index contributed by atoms with van der Waals surface area (Å²) in [6.07, 6.45) is 3.53. The van der Waals surface area contributed by atoms with E-state index in [9.17, 15) is 9.59 Å². The second-order valence-electron chi connectivity index (χ2n) is 8.36. The number of ether oxygens (including phenoxy) is 1. The highest BCUT2D eigenvalue weighted by Gasteiger charge is 2.26. The number of benzene rings is 2. The van der Waals surface area contributed by atoms with Crippen LogP contribution in [0.15, 0.2) is 42.5 Å². The van der Waals surface area contributed by atoms with Gasteiger partial charge in [0.1, 0.15) is 0 Å². The van der Waals surface area contributed by atoms with Gasteiger partial charge in [0.2, 0.25) is 0 Å². The maximum atomic E-state index is 13.2. The van der Waals surface area contributed by atoms with Crippen molar-refractivity contribution in [2.75, 3.05) is 11.9 Å². The summed E-state index contributed by atoms with van der Waals surface area (Å²) in [5.74, 6) is -0.309. The molecule has 5 nitrogen and oxygen atoms in total. The first-order chi connectivity index (χ1) is 15.0. The van der Waals surface area contributed by atoms with Gasteiger partial charge in [0, 0.05) is 16.8 Å². The SMILES string of the molecule is CCc1cccc(C)c1NC(=O)COC(=O)c1c2c(nc3ccccc13)CC[C@H](C)C2. The van der Waals surface area contributed by atoms with Gasteiger partial charge in [0.25, 0.3) is 5.91 Å². The number of aromatic nitrogens is 1. The zero-order valence-electron chi connectivity index (χ0n) is 18.3. The molecule has 0 unspecified atom stereocenters. The molecule has 1 N–H and O–H groups in total. The second kappa shape index (κ2) is 8.88. The Morgan fingerprint density at radius 3 is 2.77 bits per heavy atom. The molecule has 4 rings (SSSR count). The maximum Gasteiger partial charge on any atom is 0.339 e. The fraction of sp³-hybridized carbons (Fsp3) is 0.346. The molecular formula is C26H28N2O3. The third kappa shape index (κ3) is 4.31. The number of aryl methyl sites for hydroxylation is 3. The average molecular weight is 417 g/mol. The number of pyridine rings is 1. The predicted octanol–water partition coefficient (Wildman–Crippen LogP) is 5.03. The summed E-state index contributed by atoms with van der Waals surface area (Å²) in [6.45, 7) is 5.87. The Balaban J connectivity index is 1.57. The van der Waals surface area contributed by atoms with Crippen molar-refractivity contribution in [1.29, 1.82) is 0 Å². The number of para-hydroxylation sites is 2. The van der Waals surface area contributed by atoms with Crippen LogP contribution in [0.25, 0.3) is 10.9 Å². The van der Waals surface area contributed by atoms with Crippen molar-refractivity contribution in [2.45, 2.75) is 46.5 Å². The van der Waals surface area contributed by atoms with Gasteiger partial charge in [-0.3, -0.25) is 9.78 Å². The highest BCUT2D eigenvalue weighted by atomic mass is 16.5. The molecule has 5 heteroatoms. The molecule has 3 aromatic rings. The molecule has 1 aliphatic rings. The number of fused-ring (bicyclic) bond motifs is 2. The normalized spacial score (nSPS) is 15.4. The minimum Gasteiger partial charge on any atom is -0.452 e. The molecule has 1 atom stereocenters.